The predicted molar refractivity (Wildman–Crippen MR) is 104 cm³/mol. The van der Waals surface area contributed by atoms with Crippen molar-refractivity contribution in [3.63, 3.8) is 0 Å². The number of carbonyl (C=O) groups is 1. The molecular formula is C22H28N2O. The Balaban J connectivity index is 1.51. The number of para-hydroxylation sites is 1. The van der Waals surface area contributed by atoms with Crippen molar-refractivity contribution >= 4 is 11.6 Å². The summed E-state index contributed by atoms with van der Waals surface area (Å²) in [7, 11) is 0. The Morgan fingerprint density at radius 2 is 1.76 bits per heavy atom. The van der Waals surface area contributed by atoms with Crippen molar-refractivity contribution in [3.8, 4) is 0 Å². The van der Waals surface area contributed by atoms with Crippen LogP contribution in [-0.4, -0.2) is 23.9 Å². The van der Waals surface area contributed by atoms with E-state index in [1.165, 1.54) is 16.7 Å². The van der Waals surface area contributed by atoms with Crippen LogP contribution >= 0.6 is 0 Å². The molecule has 0 atom stereocenters. The number of piperidine rings is 1. The van der Waals surface area contributed by atoms with Crippen LogP contribution < -0.4 is 5.32 Å². The molecule has 1 fully saturated rings. The van der Waals surface area contributed by atoms with Gasteiger partial charge in [-0.1, -0.05) is 55.0 Å². The fraction of sp³-hybridized carbons (Fsp3) is 0.409. The predicted octanol–water partition coefficient (Wildman–Crippen LogP) is 4.41. The minimum Gasteiger partial charge on any atom is -0.326 e. The molecule has 0 spiro atoms. The zero-order valence-electron chi connectivity index (χ0n) is 15.3. The van der Waals surface area contributed by atoms with Crippen molar-refractivity contribution in [2.75, 3.05) is 18.4 Å². The standard InChI is InChI=1S/C22H28N2O/c1-3-19-6-4-5-7-21(19)23-22(25)20-12-14-24(15-13-20)16-18-10-8-17(2)9-11-18/h4-11,20H,3,12-16H2,1-2H3,(H,23,25). The summed E-state index contributed by atoms with van der Waals surface area (Å²) in [6.07, 6.45) is 2.81. The van der Waals surface area contributed by atoms with E-state index in [1.807, 2.05) is 18.2 Å². The first-order valence-corrected chi connectivity index (χ1v) is 9.32. The van der Waals surface area contributed by atoms with Gasteiger partial charge in [-0.05, 0) is 56.5 Å². The molecule has 2 aromatic rings. The molecule has 0 radical (unpaired) electrons. The van der Waals surface area contributed by atoms with Gasteiger partial charge in [0.25, 0.3) is 0 Å². The highest BCUT2D eigenvalue weighted by atomic mass is 16.1. The molecular weight excluding hydrogens is 308 g/mol. The minimum atomic E-state index is 0.124. The number of anilines is 1. The highest BCUT2D eigenvalue weighted by Gasteiger charge is 2.25. The Bertz CT molecular complexity index is 700. The van der Waals surface area contributed by atoms with E-state index in [1.54, 1.807) is 0 Å². The van der Waals surface area contributed by atoms with Crippen LogP contribution in [-0.2, 0) is 17.8 Å². The molecule has 0 bridgehead atoms. The maximum absolute atomic E-state index is 12.6. The summed E-state index contributed by atoms with van der Waals surface area (Å²) in [5.41, 5.74) is 4.82. The molecule has 132 valence electrons. The number of amides is 1. The first-order chi connectivity index (χ1) is 12.2. The number of rotatable bonds is 5. The van der Waals surface area contributed by atoms with E-state index >= 15 is 0 Å². The number of carbonyl (C=O) groups excluding carboxylic acids is 1. The molecule has 3 rings (SSSR count). The van der Waals surface area contributed by atoms with Crippen LogP contribution in [0.15, 0.2) is 48.5 Å². The number of hydrogen-bond donors (Lipinski definition) is 1. The molecule has 1 saturated heterocycles. The molecule has 3 nitrogen and oxygen atoms in total. The molecule has 0 aromatic heterocycles. The topological polar surface area (TPSA) is 32.3 Å². The van der Waals surface area contributed by atoms with E-state index in [0.717, 1.165) is 44.6 Å². The molecule has 0 saturated carbocycles. The highest BCUT2D eigenvalue weighted by Crippen LogP contribution is 2.22. The second-order valence-electron chi connectivity index (χ2n) is 7.04. The summed E-state index contributed by atoms with van der Waals surface area (Å²) in [6, 6.07) is 16.8. The van der Waals surface area contributed by atoms with Crippen molar-refractivity contribution in [1.82, 2.24) is 4.90 Å². The van der Waals surface area contributed by atoms with Crippen LogP contribution in [0.4, 0.5) is 5.69 Å². The fourth-order valence-electron chi connectivity index (χ4n) is 3.49. The summed E-state index contributed by atoms with van der Waals surface area (Å²) in [4.78, 5) is 15.1. The molecule has 0 aliphatic carbocycles. The van der Waals surface area contributed by atoms with Gasteiger partial charge < -0.3 is 5.32 Å². The summed E-state index contributed by atoms with van der Waals surface area (Å²) < 4.78 is 0. The molecule has 0 unspecified atom stereocenters. The number of nitrogens with zero attached hydrogens (tertiary/aromatic N) is 1. The van der Waals surface area contributed by atoms with E-state index in [9.17, 15) is 4.79 Å². The second-order valence-corrected chi connectivity index (χ2v) is 7.04. The summed E-state index contributed by atoms with van der Waals surface area (Å²) in [6.45, 7) is 7.19. The van der Waals surface area contributed by atoms with Crippen molar-refractivity contribution in [2.45, 2.75) is 39.7 Å². The van der Waals surface area contributed by atoms with Crippen molar-refractivity contribution in [2.24, 2.45) is 5.92 Å². The van der Waals surface area contributed by atoms with Gasteiger partial charge in [0.2, 0.25) is 5.91 Å². The van der Waals surface area contributed by atoms with E-state index < -0.39 is 0 Å². The molecule has 1 amide bonds. The third-order valence-corrected chi connectivity index (χ3v) is 5.14. The average Bonchev–Trinajstić information content (AvgIpc) is 2.64. The van der Waals surface area contributed by atoms with Crippen molar-refractivity contribution < 1.29 is 4.79 Å². The third kappa shape index (κ3) is 4.70. The SMILES string of the molecule is CCc1ccccc1NC(=O)C1CCN(Cc2ccc(C)cc2)CC1. The summed E-state index contributed by atoms with van der Waals surface area (Å²) in [5, 5.41) is 3.14. The van der Waals surface area contributed by atoms with Crippen LogP contribution in [0.25, 0.3) is 0 Å². The van der Waals surface area contributed by atoms with E-state index in [0.29, 0.717) is 0 Å². The maximum atomic E-state index is 12.6. The van der Waals surface area contributed by atoms with Gasteiger partial charge in [0.05, 0.1) is 0 Å². The van der Waals surface area contributed by atoms with Gasteiger partial charge in [-0.2, -0.15) is 0 Å². The van der Waals surface area contributed by atoms with E-state index in [2.05, 4.69) is 54.4 Å². The minimum absolute atomic E-state index is 0.124. The van der Waals surface area contributed by atoms with Gasteiger partial charge in [0.1, 0.15) is 0 Å². The van der Waals surface area contributed by atoms with E-state index in [-0.39, 0.29) is 11.8 Å². The lowest BCUT2D eigenvalue weighted by Gasteiger charge is -2.31. The van der Waals surface area contributed by atoms with Gasteiger partial charge in [0.15, 0.2) is 0 Å². The van der Waals surface area contributed by atoms with Crippen LogP contribution in [0.2, 0.25) is 0 Å². The van der Waals surface area contributed by atoms with E-state index in [4.69, 9.17) is 0 Å². The van der Waals surface area contributed by atoms with Crippen LogP contribution in [0.3, 0.4) is 0 Å². The number of likely N-dealkylation sites (tertiary alicyclic amines) is 1. The third-order valence-electron chi connectivity index (χ3n) is 5.14. The Morgan fingerprint density at radius 3 is 2.44 bits per heavy atom. The zero-order chi connectivity index (χ0) is 17.6. The molecule has 2 aromatic carbocycles. The molecule has 1 N–H and O–H groups in total. The molecule has 1 heterocycles. The molecule has 1 aliphatic heterocycles. The fourth-order valence-corrected chi connectivity index (χ4v) is 3.49. The van der Waals surface area contributed by atoms with Crippen LogP contribution in [0.5, 0.6) is 0 Å². The highest BCUT2D eigenvalue weighted by molar-refractivity contribution is 5.93. The maximum Gasteiger partial charge on any atom is 0.227 e. The molecule has 1 aliphatic rings. The monoisotopic (exact) mass is 336 g/mol. The van der Waals surface area contributed by atoms with Crippen LogP contribution in [0, 0.1) is 12.8 Å². The Morgan fingerprint density at radius 1 is 1.08 bits per heavy atom. The second kappa shape index (κ2) is 8.30. The van der Waals surface area contributed by atoms with Gasteiger partial charge in [-0.15, -0.1) is 0 Å². The first-order valence-electron chi connectivity index (χ1n) is 9.32. The Hall–Kier alpha value is -2.13. The molecule has 25 heavy (non-hydrogen) atoms. The first kappa shape index (κ1) is 17.7. The van der Waals surface area contributed by atoms with Gasteiger partial charge in [0, 0.05) is 18.2 Å². The smallest absolute Gasteiger partial charge is 0.227 e. The van der Waals surface area contributed by atoms with Crippen LogP contribution in [0.1, 0.15) is 36.5 Å². The van der Waals surface area contributed by atoms with Gasteiger partial charge >= 0.3 is 0 Å². The number of aryl methyl sites for hydroxylation is 2. The number of hydrogen-bond acceptors (Lipinski definition) is 2. The average molecular weight is 336 g/mol. The van der Waals surface area contributed by atoms with Crippen molar-refractivity contribution in [1.29, 1.82) is 0 Å². The van der Waals surface area contributed by atoms with Gasteiger partial charge in [-0.3, -0.25) is 9.69 Å². The summed E-state index contributed by atoms with van der Waals surface area (Å²) in [5.74, 6) is 0.301. The largest absolute Gasteiger partial charge is 0.326 e. The number of nitrogens with one attached hydrogen (secondary N) is 1. The lowest BCUT2D eigenvalue weighted by Crippen LogP contribution is -2.37. The quantitative estimate of drug-likeness (QED) is 0.877. The number of benzene rings is 2. The zero-order valence-corrected chi connectivity index (χ0v) is 15.3. The molecule has 3 heteroatoms. The van der Waals surface area contributed by atoms with Gasteiger partial charge in [-0.25, -0.2) is 0 Å². The Labute approximate surface area is 151 Å². The van der Waals surface area contributed by atoms with Crippen molar-refractivity contribution in [3.05, 3.63) is 65.2 Å². The normalized spacial score (nSPS) is 15.9. The lowest BCUT2D eigenvalue weighted by molar-refractivity contribution is -0.121. The summed E-state index contributed by atoms with van der Waals surface area (Å²) >= 11 is 0. The lowest BCUT2D eigenvalue weighted by atomic mass is 9.95. The Kier molecular flexibility index (Phi) is 5.87.